The standard InChI is InChI=1S/C24H32N4O3/c1-17(2)16-23(29)26-20-6-4-19(5-7-20)25-18(3)24(30)27-21-8-10-22(11-9-21)28-12-14-31-15-13-28/h4-11,17-18,25H,12-16H2,1-3H3,(H,26,29)(H,27,30). The molecular weight excluding hydrogens is 392 g/mol. The van der Waals surface area contributed by atoms with Gasteiger partial charge in [-0.25, -0.2) is 0 Å². The van der Waals surface area contributed by atoms with Gasteiger partial charge < -0.3 is 25.6 Å². The van der Waals surface area contributed by atoms with Gasteiger partial charge in [0.25, 0.3) is 0 Å². The van der Waals surface area contributed by atoms with E-state index in [0.717, 1.165) is 49.1 Å². The first-order valence-electron chi connectivity index (χ1n) is 10.8. The summed E-state index contributed by atoms with van der Waals surface area (Å²) in [5.74, 6) is 0.201. The van der Waals surface area contributed by atoms with Crippen LogP contribution in [0.4, 0.5) is 22.7 Å². The quantitative estimate of drug-likeness (QED) is 0.598. The molecule has 0 saturated carbocycles. The molecule has 0 bridgehead atoms. The Balaban J connectivity index is 1.49. The third kappa shape index (κ3) is 7.00. The highest BCUT2D eigenvalue weighted by atomic mass is 16.5. The van der Waals surface area contributed by atoms with Crippen LogP contribution in [-0.2, 0) is 14.3 Å². The number of carbonyl (C=O) groups is 2. The van der Waals surface area contributed by atoms with Gasteiger partial charge in [0, 0.05) is 42.3 Å². The summed E-state index contributed by atoms with van der Waals surface area (Å²) < 4.78 is 5.39. The van der Waals surface area contributed by atoms with E-state index in [1.807, 2.05) is 69.3 Å². The van der Waals surface area contributed by atoms with E-state index < -0.39 is 6.04 Å². The van der Waals surface area contributed by atoms with Crippen LogP contribution >= 0.6 is 0 Å². The van der Waals surface area contributed by atoms with Crippen LogP contribution in [0, 0.1) is 5.92 Å². The van der Waals surface area contributed by atoms with Crippen molar-refractivity contribution >= 4 is 34.6 Å². The molecule has 1 heterocycles. The Morgan fingerprint density at radius 2 is 1.42 bits per heavy atom. The highest BCUT2D eigenvalue weighted by Crippen LogP contribution is 2.20. The predicted octanol–water partition coefficient (Wildman–Crippen LogP) is 3.95. The van der Waals surface area contributed by atoms with Crippen LogP contribution in [0.5, 0.6) is 0 Å². The zero-order valence-electron chi connectivity index (χ0n) is 18.5. The van der Waals surface area contributed by atoms with E-state index >= 15 is 0 Å². The number of anilines is 4. The van der Waals surface area contributed by atoms with Crippen LogP contribution in [0.2, 0.25) is 0 Å². The summed E-state index contributed by atoms with van der Waals surface area (Å²) in [6.45, 7) is 9.09. The van der Waals surface area contributed by atoms with Crippen LogP contribution < -0.4 is 20.9 Å². The molecule has 0 aliphatic carbocycles. The molecule has 1 fully saturated rings. The van der Waals surface area contributed by atoms with Crippen LogP contribution in [0.15, 0.2) is 48.5 Å². The average Bonchev–Trinajstić information content (AvgIpc) is 2.75. The van der Waals surface area contributed by atoms with Crippen molar-refractivity contribution in [3.8, 4) is 0 Å². The first-order valence-corrected chi connectivity index (χ1v) is 10.8. The SMILES string of the molecule is CC(C)CC(=O)Nc1ccc(NC(C)C(=O)Nc2ccc(N3CCOCC3)cc2)cc1. The highest BCUT2D eigenvalue weighted by molar-refractivity contribution is 5.96. The molecule has 1 aliphatic heterocycles. The molecule has 3 N–H and O–H groups in total. The molecule has 1 unspecified atom stereocenters. The van der Waals surface area contributed by atoms with E-state index in [1.54, 1.807) is 0 Å². The lowest BCUT2D eigenvalue weighted by Crippen LogP contribution is -2.36. The Hall–Kier alpha value is -3.06. The molecule has 1 atom stereocenters. The van der Waals surface area contributed by atoms with Crippen LogP contribution in [0.1, 0.15) is 27.2 Å². The average molecular weight is 425 g/mol. The molecule has 0 aromatic heterocycles. The van der Waals surface area contributed by atoms with Gasteiger partial charge in [0.1, 0.15) is 6.04 Å². The molecule has 31 heavy (non-hydrogen) atoms. The lowest BCUT2D eigenvalue weighted by molar-refractivity contribution is -0.117. The fourth-order valence-corrected chi connectivity index (χ4v) is 3.38. The number of nitrogens with zero attached hydrogens (tertiary/aromatic N) is 1. The summed E-state index contributed by atoms with van der Waals surface area (Å²) in [6, 6.07) is 14.8. The van der Waals surface area contributed by atoms with E-state index in [9.17, 15) is 9.59 Å². The number of rotatable bonds is 8. The van der Waals surface area contributed by atoms with Gasteiger partial charge in [-0.05, 0) is 61.4 Å². The van der Waals surface area contributed by atoms with Gasteiger partial charge in [-0.15, -0.1) is 0 Å². The number of hydrogen-bond donors (Lipinski definition) is 3. The molecule has 2 aromatic rings. The number of carbonyl (C=O) groups excluding carboxylic acids is 2. The van der Waals surface area contributed by atoms with Gasteiger partial charge in [-0.1, -0.05) is 13.8 Å². The maximum Gasteiger partial charge on any atom is 0.246 e. The molecule has 0 spiro atoms. The van der Waals surface area contributed by atoms with Crippen molar-refractivity contribution in [3.63, 3.8) is 0 Å². The van der Waals surface area contributed by atoms with Crippen molar-refractivity contribution in [2.45, 2.75) is 33.2 Å². The fraction of sp³-hybridized carbons (Fsp3) is 0.417. The first-order chi connectivity index (χ1) is 14.9. The van der Waals surface area contributed by atoms with Crippen LogP contribution in [0.25, 0.3) is 0 Å². The monoisotopic (exact) mass is 424 g/mol. The van der Waals surface area contributed by atoms with Gasteiger partial charge in [-0.3, -0.25) is 9.59 Å². The van der Waals surface area contributed by atoms with Crippen molar-refractivity contribution in [2.75, 3.05) is 47.2 Å². The molecular formula is C24H32N4O3. The zero-order valence-corrected chi connectivity index (χ0v) is 18.5. The Morgan fingerprint density at radius 1 is 0.871 bits per heavy atom. The summed E-state index contributed by atoms with van der Waals surface area (Å²) >= 11 is 0. The second-order valence-corrected chi connectivity index (χ2v) is 8.23. The minimum Gasteiger partial charge on any atom is -0.378 e. The fourth-order valence-electron chi connectivity index (χ4n) is 3.38. The molecule has 2 amide bonds. The van der Waals surface area contributed by atoms with E-state index in [1.165, 1.54) is 0 Å². The Kier molecular flexibility index (Phi) is 7.89. The van der Waals surface area contributed by atoms with E-state index in [-0.39, 0.29) is 11.8 Å². The van der Waals surface area contributed by atoms with Gasteiger partial charge in [0.15, 0.2) is 0 Å². The second kappa shape index (κ2) is 10.8. The molecule has 7 heteroatoms. The Bertz CT molecular complexity index is 859. The summed E-state index contributed by atoms with van der Waals surface area (Å²) in [7, 11) is 0. The second-order valence-electron chi connectivity index (χ2n) is 8.23. The molecule has 166 valence electrons. The van der Waals surface area contributed by atoms with Crippen LogP contribution in [0.3, 0.4) is 0 Å². The lowest BCUT2D eigenvalue weighted by atomic mass is 10.1. The number of ether oxygens (including phenoxy) is 1. The number of morpholine rings is 1. The van der Waals surface area contributed by atoms with Gasteiger partial charge in [0.2, 0.25) is 11.8 Å². The molecule has 7 nitrogen and oxygen atoms in total. The number of benzene rings is 2. The zero-order chi connectivity index (χ0) is 22.2. The van der Waals surface area contributed by atoms with Crippen LogP contribution in [-0.4, -0.2) is 44.2 Å². The third-order valence-corrected chi connectivity index (χ3v) is 5.05. The maximum atomic E-state index is 12.6. The first kappa shape index (κ1) is 22.6. The molecule has 3 rings (SSSR count). The van der Waals surface area contributed by atoms with Gasteiger partial charge in [0.05, 0.1) is 13.2 Å². The molecule has 0 radical (unpaired) electrons. The largest absolute Gasteiger partial charge is 0.378 e. The number of nitrogens with one attached hydrogen (secondary N) is 3. The minimum absolute atomic E-state index is 0.00286. The topological polar surface area (TPSA) is 82.7 Å². The highest BCUT2D eigenvalue weighted by Gasteiger charge is 2.14. The number of hydrogen-bond acceptors (Lipinski definition) is 5. The van der Waals surface area contributed by atoms with E-state index in [4.69, 9.17) is 4.74 Å². The van der Waals surface area contributed by atoms with Crippen molar-refractivity contribution in [2.24, 2.45) is 5.92 Å². The molecule has 2 aromatic carbocycles. The smallest absolute Gasteiger partial charge is 0.246 e. The van der Waals surface area contributed by atoms with Crippen molar-refractivity contribution < 1.29 is 14.3 Å². The lowest BCUT2D eigenvalue weighted by Gasteiger charge is -2.29. The summed E-state index contributed by atoms with van der Waals surface area (Å²) in [5, 5.41) is 9.02. The van der Waals surface area contributed by atoms with E-state index in [2.05, 4.69) is 20.9 Å². The summed E-state index contributed by atoms with van der Waals surface area (Å²) in [6.07, 6.45) is 0.491. The Morgan fingerprint density at radius 3 is 2.03 bits per heavy atom. The summed E-state index contributed by atoms with van der Waals surface area (Å²) in [5.41, 5.74) is 3.45. The number of amides is 2. The minimum atomic E-state index is -0.416. The predicted molar refractivity (Wildman–Crippen MR) is 126 cm³/mol. The van der Waals surface area contributed by atoms with Crippen molar-refractivity contribution in [3.05, 3.63) is 48.5 Å². The Labute approximate surface area is 184 Å². The van der Waals surface area contributed by atoms with E-state index in [0.29, 0.717) is 12.3 Å². The third-order valence-electron chi connectivity index (χ3n) is 5.05. The normalized spacial score (nSPS) is 14.8. The molecule has 1 saturated heterocycles. The summed E-state index contributed by atoms with van der Waals surface area (Å²) in [4.78, 5) is 26.7. The van der Waals surface area contributed by atoms with Crippen molar-refractivity contribution in [1.82, 2.24) is 0 Å². The van der Waals surface area contributed by atoms with Gasteiger partial charge >= 0.3 is 0 Å². The van der Waals surface area contributed by atoms with Crippen molar-refractivity contribution in [1.29, 1.82) is 0 Å². The molecule has 1 aliphatic rings. The van der Waals surface area contributed by atoms with Gasteiger partial charge in [-0.2, -0.15) is 0 Å². The maximum absolute atomic E-state index is 12.6.